The van der Waals surface area contributed by atoms with Gasteiger partial charge in [0.2, 0.25) is 0 Å². The molecule has 1 aromatic rings. The third kappa shape index (κ3) is 3.40. The SMILES string of the molecule is CC1NN(c2ccccc2)C(=O)C1N(C)S(=O)(=O)O.[NaH]. The van der Waals surface area contributed by atoms with Gasteiger partial charge in [-0.25, -0.2) is 10.4 Å². The third-order valence-corrected chi connectivity index (χ3v) is 4.00. The molecule has 106 valence electrons. The fourth-order valence-corrected chi connectivity index (χ4v) is 2.64. The van der Waals surface area contributed by atoms with Gasteiger partial charge in [-0.1, -0.05) is 18.2 Å². The zero-order valence-corrected chi connectivity index (χ0v) is 11.3. The molecule has 1 fully saturated rings. The molecule has 2 unspecified atom stereocenters. The molecule has 0 bridgehead atoms. The fraction of sp³-hybridized carbons (Fsp3) is 0.364. The Balaban J connectivity index is 0.00000200. The average Bonchev–Trinajstić information content (AvgIpc) is 2.64. The van der Waals surface area contributed by atoms with Crippen LogP contribution in [0.5, 0.6) is 0 Å². The van der Waals surface area contributed by atoms with Gasteiger partial charge in [0.1, 0.15) is 6.04 Å². The molecule has 2 N–H and O–H groups in total. The van der Waals surface area contributed by atoms with E-state index in [1.54, 1.807) is 31.2 Å². The van der Waals surface area contributed by atoms with Crippen molar-refractivity contribution in [1.82, 2.24) is 9.73 Å². The summed E-state index contributed by atoms with van der Waals surface area (Å²) in [5.74, 6) is -0.432. The van der Waals surface area contributed by atoms with Gasteiger partial charge in [0.05, 0.1) is 5.69 Å². The molecule has 0 saturated carbocycles. The van der Waals surface area contributed by atoms with E-state index in [1.807, 2.05) is 6.07 Å². The van der Waals surface area contributed by atoms with Crippen LogP contribution in [0.15, 0.2) is 30.3 Å². The van der Waals surface area contributed by atoms with Gasteiger partial charge >= 0.3 is 39.9 Å². The molecule has 20 heavy (non-hydrogen) atoms. The normalized spacial score (nSPS) is 23.0. The van der Waals surface area contributed by atoms with Crippen LogP contribution in [0.25, 0.3) is 0 Å². The number of hydrogen-bond donors (Lipinski definition) is 2. The van der Waals surface area contributed by atoms with Crippen LogP contribution in [-0.4, -0.2) is 71.9 Å². The second-order valence-corrected chi connectivity index (χ2v) is 5.84. The molecule has 0 aromatic heterocycles. The molecule has 0 spiro atoms. The van der Waals surface area contributed by atoms with Gasteiger partial charge < -0.3 is 0 Å². The number of nitrogens with zero attached hydrogens (tertiary/aromatic N) is 2. The number of carbonyl (C=O) groups excluding carboxylic acids is 1. The van der Waals surface area contributed by atoms with Gasteiger partial charge in [-0.2, -0.15) is 12.7 Å². The van der Waals surface area contributed by atoms with Crippen LogP contribution >= 0.6 is 0 Å². The van der Waals surface area contributed by atoms with Crippen molar-refractivity contribution < 1.29 is 17.8 Å². The molecule has 1 aromatic carbocycles. The van der Waals surface area contributed by atoms with Gasteiger partial charge in [-0.05, 0) is 19.1 Å². The van der Waals surface area contributed by atoms with E-state index in [9.17, 15) is 13.2 Å². The van der Waals surface area contributed by atoms with Crippen LogP contribution in [0.3, 0.4) is 0 Å². The van der Waals surface area contributed by atoms with Crippen LogP contribution < -0.4 is 10.4 Å². The molecule has 1 saturated heterocycles. The molecule has 0 radical (unpaired) electrons. The Hall–Kier alpha value is -0.480. The molecule has 1 aliphatic rings. The van der Waals surface area contributed by atoms with Crippen LogP contribution in [0.4, 0.5) is 5.69 Å². The van der Waals surface area contributed by atoms with Crippen LogP contribution in [0, 0.1) is 0 Å². The standard InChI is InChI=1S/C11H15N3O4S.Na.H/c1-8-10(13(2)19(16,17)18)11(15)14(12-8)9-6-4-3-5-7-9;;/h3-8,10,12H,1-2H3,(H,16,17,18);;. The van der Waals surface area contributed by atoms with Crippen LogP contribution in [-0.2, 0) is 15.1 Å². The summed E-state index contributed by atoms with van der Waals surface area (Å²) >= 11 is 0. The van der Waals surface area contributed by atoms with Crippen molar-refractivity contribution in [2.24, 2.45) is 0 Å². The van der Waals surface area contributed by atoms with E-state index in [2.05, 4.69) is 5.43 Å². The summed E-state index contributed by atoms with van der Waals surface area (Å²) in [6.07, 6.45) is 0. The Morgan fingerprint density at radius 2 is 1.85 bits per heavy atom. The van der Waals surface area contributed by atoms with Gasteiger partial charge in [-0.3, -0.25) is 9.35 Å². The van der Waals surface area contributed by atoms with E-state index in [0.717, 1.165) is 0 Å². The first kappa shape index (κ1) is 17.6. The number of hydrogen-bond acceptors (Lipinski definition) is 4. The number of benzene rings is 1. The van der Waals surface area contributed by atoms with Gasteiger partial charge in [0, 0.05) is 13.1 Å². The maximum absolute atomic E-state index is 12.3. The molecule has 1 aliphatic heterocycles. The second kappa shape index (κ2) is 6.52. The quantitative estimate of drug-likeness (QED) is 0.574. The summed E-state index contributed by atoms with van der Waals surface area (Å²) in [4.78, 5) is 12.3. The maximum atomic E-state index is 12.3. The van der Waals surface area contributed by atoms with E-state index in [1.165, 1.54) is 12.1 Å². The van der Waals surface area contributed by atoms with Crippen molar-refractivity contribution >= 4 is 51.5 Å². The van der Waals surface area contributed by atoms with Crippen molar-refractivity contribution in [1.29, 1.82) is 0 Å². The Morgan fingerprint density at radius 3 is 2.35 bits per heavy atom. The Kier molecular flexibility index (Phi) is 5.73. The minimum absolute atomic E-state index is 0. The summed E-state index contributed by atoms with van der Waals surface area (Å²) in [6, 6.07) is 7.40. The number of nitrogens with one attached hydrogen (secondary N) is 1. The van der Waals surface area contributed by atoms with E-state index < -0.39 is 28.3 Å². The van der Waals surface area contributed by atoms with Crippen LogP contribution in [0.1, 0.15) is 6.92 Å². The van der Waals surface area contributed by atoms with Gasteiger partial charge in [0.25, 0.3) is 5.91 Å². The number of amides is 1. The van der Waals surface area contributed by atoms with Crippen molar-refractivity contribution in [3.05, 3.63) is 30.3 Å². The number of carbonyl (C=O) groups is 1. The van der Waals surface area contributed by atoms with Crippen molar-refractivity contribution in [3.8, 4) is 0 Å². The van der Waals surface area contributed by atoms with E-state index in [0.29, 0.717) is 9.99 Å². The van der Waals surface area contributed by atoms with Crippen molar-refractivity contribution in [3.63, 3.8) is 0 Å². The van der Waals surface area contributed by atoms with Gasteiger partial charge in [0.15, 0.2) is 0 Å². The number of anilines is 1. The van der Waals surface area contributed by atoms with Gasteiger partial charge in [-0.15, -0.1) is 0 Å². The predicted molar refractivity (Wildman–Crippen MR) is 76.8 cm³/mol. The van der Waals surface area contributed by atoms with E-state index >= 15 is 0 Å². The molecule has 9 heteroatoms. The zero-order valence-electron chi connectivity index (χ0n) is 10.5. The van der Waals surface area contributed by atoms with E-state index in [-0.39, 0.29) is 29.6 Å². The topological polar surface area (TPSA) is 90.0 Å². The molecule has 1 amide bonds. The molecule has 2 rings (SSSR count). The second-order valence-electron chi connectivity index (χ2n) is 4.37. The molecular formula is C11H16N3NaO4S. The zero-order chi connectivity index (χ0) is 14.2. The summed E-state index contributed by atoms with van der Waals surface area (Å²) in [7, 11) is -3.24. The minimum atomic E-state index is -4.41. The molecule has 2 atom stereocenters. The fourth-order valence-electron chi connectivity index (χ4n) is 2.08. The molecule has 0 aliphatic carbocycles. The Bertz CT molecular complexity index is 581. The Labute approximate surface area is 140 Å². The summed E-state index contributed by atoms with van der Waals surface area (Å²) < 4.78 is 32.0. The summed E-state index contributed by atoms with van der Waals surface area (Å²) in [6.45, 7) is 1.67. The first-order valence-corrected chi connectivity index (χ1v) is 7.07. The number of hydrazine groups is 1. The summed E-state index contributed by atoms with van der Waals surface area (Å²) in [5.41, 5.74) is 3.51. The number of rotatable bonds is 3. The van der Waals surface area contributed by atoms with Crippen LogP contribution in [0.2, 0.25) is 0 Å². The molecule has 7 nitrogen and oxygen atoms in total. The van der Waals surface area contributed by atoms with E-state index in [4.69, 9.17) is 4.55 Å². The first-order chi connectivity index (χ1) is 8.82. The number of likely N-dealkylation sites (N-methyl/N-ethyl adjacent to an activating group) is 1. The van der Waals surface area contributed by atoms with Crippen molar-refractivity contribution in [2.75, 3.05) is 12.1 Å². The number of para-hydroxylation sites is 1. The average molecular weight is 309 g/mol. The Morgan fingerprint density at radius 1 is 1.30 bits per heavy atom. The first-order valence-electron chi connectivity index (χ1n) is 5.68. The predicted octanol–water partition coefficient (Wildman–Crippen LogP) is -0.619. The van der Waals surface area contributed by atoms with Crippen molar-refractivity contribution in [2.45, 2.75) is 19.0 Å². The molecular weight excluding hydrogens is 293 g/mol. The monoisotopic (exact) mass is 309 g/mol. The third-order valence-electron chi connectivity index (χ3n) is 3.05. The summed E-state index contributed by atoms with van der Waals surface area (Å²) in [5, 5.41) is 1.29. The molecule has 1 heterocycles.